The van der Waals surface area contributed by atoms with Crippen LogP contribution in [-0.4, -0.2) is 71.1 Å². The van der Waals surface area contributed by atoms with E-state index in [0.29, 0.717) is 38.5 Å². The van der Waals surface area contributed by atoms with E-state index in [-0.39, 0.29) is 48.4 Å². The van der Waals surface area contributed by atoms with Gasteiger partial charge >= 0.3 is 0 Å². The third-order valence-electron chi connectivity index (χ3n) is 6.40. The molecule has 1 saturated carbocycles. The van der Waals surface area contributed by atoms with Crippen LogP contribution >= 0.6 is 0 Å². The summed E-state index contributed by atoms with van der Waals surface area (Å²) in [5.74, 6) is 0.160. The molecular formula is C21H33N3O4. The smallest absolute Gasteiger partial charge is 0.233 e. The minimum atomic E-state index is -0.156. The average molecular weight is 392 g/mol. The number of likely N-dealkylation sites (tertiary alicyclic amines) is 1. The molecule has 2 atom stereocenters. The summed E-state index contributed by atoms with van der Waals surface area (Å²) in [4.78, 5) is 54.7. The summed E-state index contributed by atoms with van der Waals surface area (Å²) in [6.07, 6.45) is 5.24. The van der Waals surface area contributed by atoms with E-state index in [1.165, 1.54) is 4.90 Å². The number of hydrogen-bond acceptors (Lipinski definition) is 4. The maximum atomic E-state index is 12.5. The van der Waals surface area contributed by atoms with Gasteiger partial charge in [0.05, 0.1) is 11.8 Å². The van der Waals surface area contributed by atoms with Crippen LogP contribution in [0.25, 0.3) is 0 Å². The predicted octanol–water partition coefficient (Wildman–Crippen LogP) is 1.66. The van der Waals surface area contributed by atoms with Gasteiger partial charge in [-0.1, -0.05) is 26.7 Å². The van der Waals surface area contributed by atoms with Gasteiger partial charge in [-0.3, -0.25) is 24.1 Å². The molecule has 2 saturated heterocycles. The zero-order valence-corrected chi connectivity index (χ0v) is 17.2. The molecule has 3 aliphatic rings. The third-order valence-corrected chi connectivity index (χ3v) is 6.40. The number of carbonyl (C=O) groups excluding carboxylic acids is 4. The maximum absolute atomic E-state index is 12.5. The Labute approximate surface area is 167 Å². The van der Waals surface area contributed by atoms with Gasteiger partial charge in [-0.2, -0.15) is 0 Å². The minimum Gasteiger partial charge on any atom is -0.339 e. The first kappa shape index (κ1) is 20.8. The summed E-state index contributed by atoms with van der Waals surface area (Å²) in [5.41, 5.74) is 0. The quantitative estimate of drug-likeness (QED) is 0.645. The summed E-state index contributed by atoms with van der Waals surface area (Å²) < 4.78 is 0. The Hall–Kier alpha value is -1.92. The van der Waals surface area contributed by atoms with E-state index in [0.717, 1.165) is 32.1 Å². The van der Waals surface area contributed by atoms with Gasteiger partial charge in [0.15, 0.2) is 0 Å². The van der Waals surface area contributed by atoms with Gasteiger partial charge < -0.3 is 9.80 Å². The fourth-order valence-corrected chi connectivity index (χ4v) is 4.59. The van der Waals surface area contributed by atoms with Gasteiger partial charge in [0.25, 0.3) is 0 Å². The topological polar surface area (TPSA) is 78.0 Å². The third kappa shape index (κ3) is 4.55. The Balaban J connectivity index is 1.43. The van der Waals surface area contributed by atoms with Crippen molar-refractivity contribution in [2.45, 2.75) is 58.8 Å². The van der Waals surface area contributed by atoms with E-state index in [1.54, 1.807) is 4.90 Å². The summed E-state index contributed by atoms with van der Waals surface area (Å²) >= 11 is 0. The first-order chi connectivity index (χ1) is 13.4. The zero-order valence-electron chi connectivity index (χ0n) is 17.2. The summed E-state index contributed by atoms with van der Waals surface area (Å²) in [7, 11) is 0. The Morgan fingerprint density at radius 3 is 1.79 bits per heavy atom. The van der Waals surface area contributed by atoms with Crippen molar-refractivity contribution in [1.82, 2.24) is 14.7 Å². The van der Waals surface area contributed by atoms with Crippen molar-refractivity contribution in [2.75, 3.05) is 32.7 Å². The molecule has 0 aromatic rings. The molecule has 1 aliphatic carbocycles. The van der Waals surface area contributed by atoms with Crippen molar-refractivity contribution in [3.63, 3.8) is 0 Å². The van der Waals surface area contributed by atoms with Crippen LogP contribution in [0.1, 0.15) is 58.8 Å². The van der Waals surface area contributed by atoms with Gasteiger partial charge in [-0.05, 0) is 25.2 Å². The lowest BCUT2D eigenvalue weighted by Crippen LogP contribution is -2.51. The number of piperazine rings is 1. The molecular weight excluding hydrogens is 358 g/mol. The van der Waals surface area contributed by atoms with Crippen LogP contribution in [0, 0.1) is 17.8 Å². The molecule has 0 aromatic heterocycles. The number of rotatable bonds is 6. The van der Waals surface area contributed by atoms with Crippen molar-refractivity contribution in [2.24, 2.45) is 17.8 Å². The average Bonchev–Trinajstić information content (AvgIpc) is 2.95. The van der Waals surface area contributed by atoms with E-state index >= 15 is 0 Å². The molecule has 0 N–H and O–H groups in total. The highest BCUT2D eigenvalue weighted by Gasteiger charge is 2.47. The van der Waals surface area contributed by atoms with Crippen LogP contribution < -0.4 is 0 Å². The molecule has 4 amide bonds. The predicted molar refractivity (Wildman–Crippen MR) is 104 cm³/mol. The summed E-state index contributed by atoms with van der Waals surface area (Å²) in [6.45, 7) is 6.59. The molecule has 2 unspecified atom stereocenters. The molecule has 3 rings (SSSR count). The molecule has 0 radical (unpaired) electrons. The zero-order chi connectivity index (χ0) is 20.3. The van der Waals surface area contributed by atoms with Crippen LogP contribution in [0.15, 0.2) is 0 Å². The molecule has 0 aromatic carbocycles. The second-order valence-corrected chi connectivity index (χ2v) is 8.77. The Bertz CT molecular complexity index is 601. The van der Waals surface area contributed by atoms with Crippen LogP contribution in [0.2, 0.25) is 0 Å². The summed E-state index contributed by atoms with van der Waals surface area (Å²) in [6, 6.07) is 0. The number of nitrogens with zero attached hydrogens (tertiary/aromatic N) is 3. The lowest BCUT2D eigenvalue weighted by atomic mass is 9.81. The lowest BCUT2D eigenvalue weighted by Gasteiger charge is -2.35. The lowest BCUT2D eigenvalue weighted by molar-refractivity contribution is -0.143. The summed E-state index contributed by atoms with van der Waals surface area (Å²) in [5, 5.41) is 0. The Morgan fingerprint density at radius 2 is 1.32 bits per heavy atom. The number of fused-ring (bicyclic) bond motifs is 1. The van der Waals surface area contributed by atoms with Gasteiger partial charge in [0.2, 0.25) is 23.6 Å². The molecule has 3 fully saturated rings. The Kier molecular flexibility index (Phi) is 6.73. The van der Waals surface area contributed by atoms with Crippen LogP contribution in [0.3, 0.4) is 0 Å². The minimum absolute atomic E-state index is 0.0373. The molecule has 2 heterocycles. The van der Waals surface area contributed by atoms with Crippen molar-refractivity contribution >= 4 is 23.6 Å². The second-order valence-electron chi connectivity index (χ2n) is 8.77. The van der Waals surface area contributed by atoms with Crippen molar-refractivity contribution in [3.05, 3.63) is 0 Å². The molecule has 2 aliphatic heterocycles. The fraction of sp³-hybridized carbons (Fsp3) is 0.810. The SMILES string of the molecule is CC(C)CCC(=O)N1CCN(C(=O)CCN2C(=O)C3CCCCC3C2=O)CC1. The highest BCUT2D eigenvalue weighted by atomic mass is 16.2. The highest BCUT2D eigenvalue weighted by molar-refractivity contribution is 6.05. The van der Waals surface area contributed by atoms with Gasteiger partial charge in [0, 0.05) is 45.6 Å². The van der Waals surface area contributed by atoms with E-state index < -0.39 is 0 Å². The number of hydrogen-bond donors (Lipinski definition) is 0. The van der Waals surface area contributed by atoms with Crippen LogP contribution in [0.4, 0.5) is 0 Å². The van der Waals surface area contributed by atoms with Crippen LogP contribution in [-0.2, 0) is 19.2 Å². The first-order valence-corrected chi connectivity index (χ1v) is 10.8. The first-order valence-electron chi connectivity index (χ1n) is 10.8. The molecule has 156 valence electrons. The van der Waals surface area contributed by atoms with Crippen molar-refractivity contribution in [3.8, 4) is 0 Å². The molecule has 7 heteroatoms. The fourth-order valence-electron chi connectivity index (χ4n) is 4.59. The number of amides is 4. The van der Waals surface area contributed by atoms with E-state index in [9.17, 15) is 19.2 Å². The maximum Gasteiger partial charge on any atom is 0.233 e. The molecule has 0 spiro atoms. The largest absolute Gasteiger partial charge is 0.339 e. The second kappa shape index (κ2) is 9.05. The van der Waals surface area contributed by atoms with Crippen molar-refractivity contribution in [1.29, 1.82) is 0 Å². The van der Waals surface area contributed by atoms with Crippen LogP contribution in [0.5, 0.6) is 0 Å². The van der Waals surface area contributed by atoms with E-state index in [4.69, 9.17) is 0 Å². The standard InChI is InChI=1S/C21H33N3O4/c1-15(2)7-8-18(25)22-11-13-23(14-12-22)19(26)9-10-24-20(27)16-5-3-4-6-17(16)21(24)28/h15-17H,3-14H2,1-2H3. The van der Waals surface area contributed by atoms with Gasteiger partial charge in [-0.15, -0.1) is 0 Å². The molecule has 0 bridgehead atoms. The van der Waals surface area contributed by atoms with Gasteiger partial charge in [-0.25, -0.2) is 0 Å². The molecule has 7 nitrogen and oxygen atoms in total. The normalized spacial score (nSPS) is 25.5. The van der Waals surface area contributed by atoms with E-state index in [2.05, 4.69) is 13.8 Å². The van der Waals surface area contributed by atoms with E-state index in [1.807, 2.05) is 4.90 Å². The molecule has 28 heavy (non-hydrogen) atoms. The van der Waals surface area contributed by atoms with Gasteiger partial charge in [0.1, 0.15) is 0 Å². The number of imide groups is 1. The highest BCUT2D eigenvalue weighted by Crippen LogP contribution is 2.38. The van der Waals surface area contributed by atoms with Crippen molar-refractivity contribution < 1.29 is 19.2 Å². The number of carbonyl (C=O) groups is 4. The monoisotopic (exact) mass is 391 g/mol. The Morgan fingerprint density at radius 1 is 0.857 bits per heavy atom.